The zero-order valence-electron chi connectivity index (χ0n) is 46.3. The van der Waals surface area contributed by atoms with E-state index in [1.807, 2.05) is 0 Å². The number of carbonyl (C=O) groups is 1. The molecule has 0 radical (unpaired) electrons. The van der Waals surface area contributed by atoms with E-state index in [0.29, 0.717) is 80.8 Å². The summed E-state index contributed by atoms with van der Waals surface area (Å²) in [6, 6.07) is 0. The summed E-state index contributed by atoms with van der Waals surface area (Å²) in [5.41, 5.74) is 1.44. The Bertz CT molecular complexity index is 2020. The van der Waals surface area contributed by atoms with Crippen LogP contribution in [0.15, 0.2) is 0 Å². The normalized spacial score (nSPS) is 45.4. The lowest BCUT2D eigenvalue weighted by atomic mass is 9.41. The Morgan fingerprint density at radius 2 is 1.10 bits per heavy atom. The number of unbranched alkanes of at least 4 members (excludes halogenated alkanes) is 2. The van der Waals surface area contributed by atoms with Crippen molar-refractivity contribution in [3.05, 3.63) is 11.6 Å². The van der Waals surface area contributed by atoms with E-state index >= 15 is 0 Å². The smallest absolute Gasteiger partial charge is 0.302 e. The van der Waals surface area contributed by atoms with E-state index in [-0.39, 0.29) is 24.3 Å². The van der Waals surface area contributed by atoms with Gasteiger partial charge in [-0.3, -0.25) is 4.79 Å². The van der Waals surface area contributed by atoms with Crippen molar-refractivity contribution in [1.82, 2.24) is 41.2 Å². The Morgan fingerprint density at radius 1 is 0.620 bits per heavy atom. The molecule has 4 N–H and O–H groups in total. The first-order chi connectivity index (χ1) is 34.0. The molecule has 12 nitrogen and oxygen atoms in total. The number of fused-ring (bicyclic) bond motifs is 10. The highest BCUT2D eigenvalue weighted by atomic mass is 16.5. The van der Waals surface area contributed by atoms with E-state index in [0.717, 1.165) is 99.0 Å². The van der Waals surface area contributed by atoms with E-state index in [4.69, 9.17) is 4.74 Å². The van der Waals surface area contributed by atoms with Crippen molar-refractivity contribution in [2.75, 3.05) is 0 Å². The fourth-order valence-electron chi connectivity index (χ4n) is 20.9. The van der Waals surface area contributed by atoms with Crippen LogP contribution in [0.1, 0.15) is 222 Å². The summed E-state index contributed by atoms with van der Waals surface area (Å²) in [7, 11) is 0. The molecule has 0 bridgehead atoms. The molecule has 10 rings (SSSR count). The van der Waals surface area contributed by atoms with Gasteiger partial charge in [0.05, 0.1) is 12.2 Å². The summed E-state index contributed by atoms with van der Waals surface area (Å²) in [4.78, 5) is 12.5. The Kier molecular flexibility index (Phi) is 16.3. The number of rotatable bonds is 15. The molecule has 2 aromatic rings. The third kappa shape index (κ3) is 9.86. The molecule has 71 heavy (non-hydrogen) atoms. The summed E-state index contributed by atoms with van der Waals surface area (Å²) < 4.78 is 6.40. The van der Waals surface area contributed by atoms with Crippen LogP contribution >= 0.6 is 0 Å². The molecule has 400 valence electrons. The quantitative estimate of drug-likeness (QED) is 0.0992. The van der Waals surface area contributed by atoms with Gasteiger partial charge in [-0.2, -0.15) is 10.4 Å². The molecule has 8 saturated carbocycles. The molecule has 8 aliphatic carbocycles. The second kappa shape index (κ2) is 21.6. The van der Waals surface area contributed by atoms with Gasteiger partial charge in [-0.25, -0.2) is 0 Å². The number of aliphatic hydroxyl groups excluding tert-OH is 2. The molecule has 8 aliphatic rings. The highest BCUT2D eigenvalue weighted by Crippen LogP contribution is 2.72. The lowest BCUT2D eigenvalue weighted by molar-refractivity contribution is -0.213. The molecule has 8 fully saturated rings. The summed E-state index contributed by atoms with van der Waals surface area (Å²) >= 11 is 0. The fourth-order valence-corrected chi connectivity index (χ4v) is 20.9. The van der Waals surface area contributed by atoms with Crippen molar-refractivity contribution < 1.29 is 19.7 Å². The average Bonchev–Trinajstić information content (AvgIpc) is 4.18. The number of nitrogens with zero attached hydrogens (tertiary/aromatic N) is 6. The maximum Gasteiger partial charge on any atom is 0.302 e. The number of aliphatic hydroxyl groups is 2. The van der Waals surface area contributed by atoms with Gasteiger partial charge in [0.1, 0.15) is 6.10 Å². The molecule has 12 heteroatoms. The number of hydrogen-bond acceptors (Lipinski definition) is 10. The van der Waals surface area contributed by atoms with Crippen LogP contribution in [0.3, 0.4) is 0 Å². The molecular formula is C59H100N8O4. The van der Waals surface area contributed by atoms with E-state index in [1.165, 1.54) is 96.3 Å². The monoisotopic (exact) mass is 985 g/mol. The average molecular weight is 986 g/mol. The number of aromatic amines is 2. The van der Waals surface area contributed by atoms with Crippen LogP contribution in [0.25, 0.3) is 0 Å². The molecule has 0 saturated heterocycles. The van der Waals surface area contributed by atoms with Crippen molar-refractivity contribution >= 4 is 5.97 Å². The number of aromatic nitrogens is 8. The maximum atomic E-state index is 12.5. The van der Waals surface area contributed by atoms with Crippen molar-refractivity contribution in [1.29, 1.82) is 0 Å². The molecule has 0 spiro atoms. The Balaban J connectivity index is 0.000000176. The maximum absolute atomic E-state index is 12.5. The predicted molar refractivity (Wildman–Crippen MR) is 278 cm³/mol. The summed E-state index contributed by atoms with van der Waals surface area (Å²) in [5, 5.41) is 51.2. The molecular weight excluding hydrogens is 885 g/mol. The van der Waals surface area contributed by atoms with E-state index in [1.54, 1.807) is 6.92 Å². The summed E-state index contributed by atoms with van der Waals surface area (Å²) in [5.74, 6) is 11.1. The molecule has 0 aromatic carbocycles. The second-order valence-corrected chi connectivity index (χ2v) is 27.4. The van der Waals surface area contributed by atoms with Crippen LogP contribution < -0.4 is 0 Å². The van der Waals surface area contributed by atoms with Gasteiger partial charge < -0.3 is 14.9 Å². The molecule has 2 heterocycles. The number of tetrazole rings is 2. The zero-order valence-corrected chi connectivity index (χ0v) is 46.3. The number of ether oxygens (including phenoxy) is 1. The standard InChI is InChI=1S/C31H52N4O2.C28H48N4O2/c1-7-22-26-18-19(2)14-16-31(26,6)25-15-17-30(5)23(12-13-24(30)28(25)29(22)37-21(4)36)20(3)10-8-9-11-27-32-34-35-33-27;1-5-19-23-16-18(33)12-14-28(23,4)22-13-15-27(3)20(10-11-21(27)25(22)26(19)34)17(2)8-6-7-9-24-29-31-32-30-24/h19-20,22-26,28-29H,7-18H2,1-6H3,(H,32,33,34,35);17-23,25-26,33-34H,5-16H2,1-4H3,(H,29,30,31,32)/t19-,20-,22-,23-,24+,25+,26+,28+,29-,30-,31-;17-,18-,19-,20-,21+,22+,23+,25+,26-,27-,28-/m11/s1. The van der Waals surface area contributed by atoms with Gasteiger partial charge in [-0.15, -0.1) is 20.4 Å². The Hall–Kier alpha value is -2.47. The number of esters is 1. The number of aryl methyl sites for hydroxylation is 2. The van der Waals surface area contributed by atoms with Crippen molar-refractivity contribution in [3.8, 4) is 0 Å². The van der Waals surface area contributed by atoms with Gasteiger partial charge in [0.2, 0.25) is 0 Å². The summed E-state index contributed by atoms with van der Waals surface area (Å²) in [6.45, 7) is 24.1. The van der Waals surface area contributed by atoms with Crippen LogP contribution in [-0.2, 0) is 22.4 Å². The van der Waals surface area contributed by atoms with E-state index in [2.05, 4.69) is 104 Å². The molecule has 0 unspecified atom stereocenters. The lowest BCUT2D eigenvalue weighted by Crippen LogP contribution is -2.62. The second-order valence-electron chi connectivity index (χ2n) is 27.4. The van der Waals surface area contributed by atoms with E-state index in [9.17, 15) is 15.0 Å². The molecule has 22 atom stereocenters. The van der Waals surface area contributed by atoms with Crippen molar-refractivity contribution in [2.24, 2.45) is 110 Å². The number of nitrogens with one attached hydrogen (secondary N) is 2. The Morgan fingerprint density at radius 3 is 1.61 bits per heavy atom. The zero-order chi connectivity index (χ0) is 50.5. The van der Waals surface area contributed by atoms with Crippen molar-refractivity contribution in [2.45, 2.75) is 242 Å². The van der Waals surface area contributed by atoms with Crippen LogP contribution in [0.4, 0.5) is 0 Å². The molecule has 0 aliphatic heterocycles. The number of hydrogen-bond donors (Lipinski definition) is 4. The minimum Gasteiger partial charge on any atom is -0.462 e. The third-order valence-electron chi connectivity index (χ3n) is 24.3. The number of H-pyrrole nitrogens is 2. The fraction of sp³-hybridized carbons (Fsp3) is 0.949. The van der Waals surface area contributed by atoms with Crippen molar-refractivity contribution in [3.63, 3.8) is 0 Å². The number of carbonyl (C=O) groups excluding carboxylic acids is 1. The molecule has 2 aromatic heterocycles. The van der Waals surface area contributed by atoms with Gasteiger partial charge in [0.15, 0.2) is 11.6 Å². The van der Waals surface area contributed by atoms with Crippen LogP contribution in [0.5, 0.6) is 0 Å². The predicted octanol–water partition coefficient (Wildman–Crippen LogP) is 12.2. The van der Waals surface area contributed by atoms with Gasteiger partial charge in [-0.05, 0) is 207 Å². The highest BCUT2D eigenvalue weighted by molar-refractivity contribution is 5.66. The van der Waals surface area contributed by atoms with E-state index < -0.39 is 0 Å². The first-order valence-corrected chi connectivity index (χ1v) is 30.0. The summed E-state index contributed by atoms with van der Waals surface area (Å²) in [6.07, 6.45) is 28.7. The van der Waals surface area contributed by atoms with Crippen LogP contribution in [0, 0.1) is 110 Å². The first-order valence-electron chi connectivity index (χ1n) is 30.0. The highest BCUT2D eigenvalue weighted by Gasteiger charge is 2.67. The SMILES string of the molecule is CC[C@H]1[C@@H](O)[C@@H]2[C@H](CC[C@]3(C)[C@@H]([C@H](C)CCCCc4nn[nH]n4)CC[C@@H]23)[C@@]2(C)CC[C@@H](O)C[C@@H]12.CC[C@H]1[C@@H](OC(C)=O)[C@@H]2[C@H](CC[C@]3(C)[C@@H]([C@H](C)CCCCc4nn[nH]n4)CC[C@@H]23)[C@@]2(C)CC[C@@H](C)C[C@@H]12. The van der Waals surface area contributed by atoms with Crippen LogP contribution in [0.2, 0.25) is 0 Å². The Labute approximate surface area is 429 Å². The van der Waals surface area contributed by atoms with Crippen LogP contribution in [-0.4, -0.2) is 75.7 Å². The molecule has 0 amide bonds. The van der Waals surface area contributed by atoms with Gasteiger partial charge >= 0.3 is 5.97 Å². The first kappa shape index (κ1) is 53.4. The topological polar surface area (TPSA) is 176 Å². The van der Waals surface area contributed by atoms with Gasteiger partial charge in [-0.1, -0.05) is 111 Å². The lowest BCUT2D eigenvalue weighted by Gasteiger charge is -2.65. The van der Waals surface area contributed by atoms with Gasteiger partial charge in [0.25, 0.3) is 0 Å². The minimum atomic E-state index is -0.188. The third-order valence-corrected chi connectivity index (χ3v) is 24.3. The minimum absolute atomic E-state index is 0.0635. The van der Waals surface area contributed by atoms with Gasteiger partial charge in [0, 0.05) is 25.7 Å². The largest absolute Gasteiger partial charge is 0.462 e.